The minimum Gasteiger partial charge on any atom is -0.495 e. The second kappa shape index (κ2) is 7.47. The van der Waals surface area contributed by atoms with Crippen LogP contribution in [0.4, 0.5) is 0 Å². The van der Waals surface area contributed by atoms with Gasteiger partial charge in [0.05, 0.1) is 7.11 Å². The lowest BCUT2D eigenvalue weighted by Gasteiger charge is -2.12. The molecule has 1 aromatic carbocycles. The number of methoxy groups -OCH3 is 1. The third-order valence-electron chi connectivity index (χ3n) is 2.72. The molecule has 0 saturated carbocycles. The van der Waals surface area contributed by atoms with Gasteiger partial charge < -0.3 is 10.1 Å². The molecular formula is C13H22N2O3S. The summed E-state index contributed by atoms with van der Waals surface area (Å²) >= 11 is 0. The van der Waals surface area contributed by atoms with E-state index in [0.717, 1.165) is 18.4 Å². The topological polar surface area (TPSA) is 67.4 Å². The van der Waals surface area contributed by atoms with E-state index in [1.54, 1.807) is 12.1 Å². The highest BCUT2D eigenvalue weighted by atomic mass is 32.2. The van der Waals surface area contributed by atoms with Gasteiger partial charge in [-0.15, -0.1) is 0 Å². The molecule has 6 heteroatoms. The van der Waals surface area contributed by atoms with E-state index >= 15 is 0 Å². The molecule has 0 aromatic heterocycles. The van der Waals surface area contributed by atoms with Crippen molar-refractivity contribution < 1.29 is 13.2 Å². The molecule has 0 aliphatic carbocycles. The quantitative estimate of drug-likeness (QED) is 0.711. The minimum absolute atomic E-state index is 0.193. The molecular weight excluding hydrogens is 264 g/mol. The van der Waals surface area contributed by atoms with Crippen LogP contribution >= 0.6 is 0 Å². The van der Waals surface area contributed by atoms with Gasteiger partial charge in [-0.3, -0.25) is 0 Å². The Labute approximate surface area is 115 Å². The van der Waals surface area contributed by atoms with E-state index in [9.17, 15) is 8.42 Å². The first kappa shape index (κ1) is 15.9. The monoisotopic (exact) mass is 286 g/mol. The highest BCUT2D eigenvalue weighted by Gasteiger charge is 2.19. The van der Waals surface area contributed by atoms with E-state index in [1.165, 1.54) is 7.11 Å². The highest BCUT2D eigenvalue weighted by molar-refractivity contribution is 7.89. The number of sulfonamides is 1. The number of rotatable bonds is 8. The smallest absolute Gasteiger partial charge is 0.244 e. The molecule has 0 spiro atoms. The Balaban J connectivity index is 3.04. The summed E-state index contributed by atoms with van der Waals surface area (Å²) in [6, 6.07) is 5.17. The van der Waals surface area contributed by atoms with Gasteiger partial charge in [0.15, 0.2) is 0 Å². The molecule has 0 heterocycles. The second-order valence-corrected chi connectivity index (χ2v) is 6.00. The lowest BCUT2D eigenvalue weighted by molar-refractivity contribution is 0.402. The Morgan fingerprint density at radius 1 is 1.32 bits per heavy atom. The van der Waals surface area contributed by atoms with E-state index in [0.29, 0.717) is 18.8 Å². The third kappa shape index (κ3) is 4.49. The Hall–Kier alpha value is -1.11. The Morgan fingerprint density at radius 2 is 2.05 bits per heavy atom. The van der Waals surface area contributed by atoms with Gasteiger partial charge in [0.2, 0.25) is 10.0 Å². The fourth-order valence-electron chi connectivity index (χ4n) is 1.71. The number of benzene rings is 1. The SMILES string of the molecule is CCCCNS(=O)(=O)c1cc(CNC)ccc1OC. The van der Waals surface area contributed by atoms with Crippen LogP contribution in [0.5, 0.6) is 5.75 Å². The van der Waals surface area contributed by atoms with Gasteiger partial charge in [0.1, 0.15) is 10.6 Å². The summed E-state index contributed by atoms with van der Waals surface area (Å²) in [6.07, 6.45) is 1.76. The predicted octanol–water partition coefficient (Wildman–Crippen LogP) is 1.49. The van der Waals surface area contributed by atoms with Crippen molar-refractivity contribution in [2.45, 2.75) is 31.2 Å². The number of unbranched alkanes of at least 4 members (excludes halogenated alkanes) is 1. The van der Waals surface area contributed by atoms with Crippen LogP contribution in [0.3, 0.4) is 0 Å². The molecule has 0 radical (unpaired) electrons. The molecule has 0 aliphatic heterocycles. The number of nitrogens with one attached hydrogen (secondary N) is 2. The van der Waals surface area contributed by atoms with Crippen molar-refractivity contribution in [2.24, 2.45) is 0 Å². The molecule has 0 aliphatic rings. The molecule has 2 N–H and O–H groups in total. The first-order valence-corrected chi connectivity index (χ1v) is 7.84. The van der Waals surface area contributed by atoms with Crippen LogP contribution in [0.15, 0.2) is 23.1 Å². The lowest BCUT2D eigenvalue weighted by atomic mass is 10.2. The van der Waals surface area contributed by atoms with Gasteiger partial charge in [-0.2, -0.15) is 0 Å². The van der Waals surface area contributed by atoms with Gasteiger partial charge >= 0.3 is 0 Å². The highest BCUT2D eigenvalue weighted by Crippen LogP contribution is 2.24. The minimum atomic E-state index is -3.52. The molecule has 0 fully saturated rings. The molecule has 0 unspecified atom stereocenters. The zero-order chi connectivity index (χ0) is 14.3. The van der Waals surface area contributed by atoms with Crippen molar-refractivity contribution in [3.63, 3.8) is 0 Å². The molecule has 1 rings (SSSR count). The maximum Gasteiger partial charge on any atom is 0.244 e. The first-order chi connectivity index (χ1) is 9.05. The summed E-state index contributed by atoms with van der Waals surface area (Å²) in [5.41, 5.74) is 0.902. The van der Waals surface area contributed by atoms with Gasteiger partial charge in [-0.1, -0.05) is 19.4 Å². The zero-order valence-corrected chi connectivity index (χ0v) is 12.5. The van der Waals surface area contributed by atoms with Crippen LogP contribution < -0.4 is 14.8 Å². The number of hydrogen-bond donors (Lipinski definition) is 2. The fourth-order valence-corrected chi connectivity index (χ4v) is 3.00. The molecule has 108 valence electrons. The van der Waals surface area contributed by atoms with Crippen molar-refractivity contribution in [3.8, 4) is 5.75 Å². The molecule has 0 saturated heterocycles. The van der Waals surface area contributed by atoms with E-state index in [1.807, 2.05) is 20.0 Å². The van der Waals surface area contributed by atoms with Crippen LogP contribution in [0.1, 0.15) is 25.3 Å². The van der Waals surface area contributed by atoms with Crippen LogP contribution in [0, 0.1) is 0 Å². The van der Waals surface area contributed by atoms with Crippen molar-refractivity contribution in [2.75, 3.05) is 20.7 Å². The van der Waals surface area contributed by atoms with Gasteiger partial charge in [0.25, 0.3) is 0 Å². The van der Waals surface area contributed by atoms with Gasteiger partial charge in [0, 0.05) is 13.1 Å². The van der Waals surface area contributed by atoms with Gasteiger partial charge in [-0.25, -0.2) is 13.1 Å². The van der Waals surface area contributed by atoms with Crippen LogP contribution in [-0.4, -0.2) is 29.1 Å². The van der Waals surface area contributed by atoms with E-state index in [2.05, 4.69) is 10.0 Å². The van der Waals surface area contributed by atoms with Crippen LogP contribution in [0.2, 0.25) is 0 Å². The third-order valence-corrected chi connectivity index (χ3v) is 4.20. The average molecular weight is 286 g/mol. The van der Waals surface area contributed by atoms with Crippen molar-refractivity contribution >= 4 is 10.0 Å². The summed E-state index contributed by atoms with van der Waals surface area (Å²) < 4.78 is 32.2. The van der Waals surface area contributed by atoms with Crippen LogP contribution in [-0.2, 0) is 16.6 Å². The molecule has 0 atom stereocenters. The van der Waals surface area contributed by atoms with Crippen LogP contribution in [0.25, 0.3) is 0 Å². The molecule has 19 heavy (non-hydrogen) atoms. The van der Waals surface area contributed by atoms with Crippen molar-refractivity contribution in [3.05, 3.63) is 23.8 Å². The average Bonchev–Trinajstić information content (AvgIpc) is 2.39. The standard InChI is InChI=1S/C13H22N2O3S/c1-4-5-8-15-19(16,17)13-9-11(10-14-2)6-7-12(13)18-3/h6-7,9,14-15H,4-5,8,10H2,1-3H3. The summed E-state index contributed by atoms with van der Waals surface area (Å²) in [5.74, 6) is 0.365. The molecule has 5 nitrogen and oxygen atoms in total. The van der Waals surface area contributed by atoms with E-state index in [-0.39, 0.29) is 4.90 Å². The lowest BCUT2D eigenvalue weighted by Crippen LogP contribution is -2.25. The summed E-state index contributed by atoms with van der Waals surface area (Å²) in [6.45, 7) is 3.07. The largest absolute Gasteiger partial charge is 0.495 e. The second-order valence-electron chi connectivity index (χ2n) is 4.27. The summed E-state index contributed by atoms with van der Waals surface area (Å²) in [7, 11) is -0.231. The summed E-state index contributed by atoms with van der Waals surface area (Å²) in [4.78, 5) is 0.193. The Bertz CT molecular complexity index is 501. The predicted molar refractivity (Wildman–Crippen MR) is 75.9 cm³/mol. The molecule has 0 amide bonds. The zero-order valence-electron chi connectivity index (χ0n) is 11.7. The molecule has 1 aromatic rings. The number of hydrogen-bond acceptors (Lipinski definition) is 4. The van der Waals surface area contributed by atoms with Crippen molar-refractivity contribution in [1.82, 2.24) is 10.0 Å². The Kier molecular flexibility index (Phi) is 6.27. The number of ether oxygens (including phenoxy) is 1. The first-order valence-electron chi connectivity index (χ1n) is 6.36. The maximum atomic E-state index is 12.2. The van der Waals surface area contributed by atoms with Crippen molar-refractivity contribution in [1.29, 1.82) is 0 Å². The normalized spacial score (nSPS) is 11.5. The summed E-state index contributed by atoms with van der Waals surface area (Å²) in [5, 5.41) is 3.00. The van der Waals surface area contributed by atoms with E-state index < -0.39 is 10.0 Å². The van der Waals surface area contributed by atoms with Gasteiger partial charge in [-0.05, 0) is 31.2 Å². The Morgan fingerprint density at radius 3 is 2.63 bits per heavy atom. The molecule has 0 bridgehead atoms. The fraction of sp³-hybridized carbons (Fsp3) is 0.538. The maximum absolute atomic E-state index is 12.2. The van der Waals surface area contributed by atoms with E-state index in [4.69, 9.17) is 4.74 Å².